The van der Waals surface area contributed by atoms with Gasteiger partial charge in [0.25, 0.3) is 0 Å². The topological polar surface area (TPSA) is 33.8 Å². The summed E-state index contributed by atoms with van der Waals surface area (Å²) >= 11 is 0. The molecule has 1 N–H and O–H groups in total. The van der Waals surface area contributed by atoms with E-state index in [0.29, 0.717) is 6.04 Å². The Hall–Kier alpha value is -1.55. The number of hydrogen-bond acceptors (Lipinski definition) is 1. The Bertz CT molecular complexity index is 635. The van der Waals surface area contributed by atoms with Gasteiger partial charge < -0.3 is 4.74 Å². The number of hydrogen-bond donors (Lipinski definition) is 1. The Morgan fingerprint density at radius 3 is 2.27 bits per heavy atom. The second-order valence-corrected chi connectivity index (χ2v) is 7.44. The number of nitrogens with one attached hydrogen (secondary N) is 1. The zero-order chi connectivity index (χ0) is 15.9. The van der Waals surface area contributed by atoms with Crippen molar-refractivity contribution >= 4 is 0 Å². The molecule has 1 aliphatic heterocycles. The maximum Gasteiger partial charge on any atom is 0.307 e. The minimum absolute atomic E-state index is 0.111. The number of rotatable bonds is 2. The third-order valence-corrected chi connectivity index (χ3v) is 4.63. The summed E-state index contributed by atoms with van der Waals surface area (Å²) in [7, 11) is 0. The van der Waals surface area contributed by atoms with Crippen molar-refractivity contribution in [3.05, 3.63) is 35.3 Å². The molecule has 4 heteroatoms. The molecule has 2 aromatic rings. The molecule has 3 heterocycles. The lowest BCUT2D eigenvalue weighted by molar-refractivity contribution is -0.772. The van der Waals surface area contributed by atoms with Gasteiger partial charge >= 0.3 is 5.82 Å². The Morgan fingerprint density at radius 1 is 1.14 bits per heavy atom. The molecular weight excluding hydrogens is 274 g/mol. The molecule has 1 fully saturated rings. The highest BCUT2D eigenvalue weighted by Crippen LogP contribution is 2.25. The second-order valence-electron chi connectivity index (χ2n) is 7.44. The molecule has 1 aliphatic rings. The van der Waals surface area contributed by atoms with Crippen LogP contribution in [0.1, 0.15) is 56.7 Å². The molecule has 120 valence electrons. The standard InChI is InChI=1S/C18H27N3O/c1-13-6-7-14(2)20(13)17-12-16(18(3,4)5)19-21(17)15-8-10-22-11-9-15/h6-7,12,15H,8-11H2,1-5H3/p+1. The Morgan fingerprint density at radius 2 is 1.73 bits per heavy atom. The van der Waals surface area contributed by atoms with Gasteiger partial charge in [-0.15, -0.1) is 0 Å². The predicted molar refractivity (Wildman–Crippen MR) is 87.6 cm³/mol. The van der Waals surface area contributed by atoms with Gasteiger partial charge in [-0.05, 0) is 26.0 Å². The van der Waals surface area contributed by atoms with Crippen LogP contribution in [0.15, 0.2) is 18.2 Å². The summed E-state index contributed by atoms with van der Waals surface area (Å²) < 4.78 is 10.3. The lowest BCUT2D eigenvalue weighted by atomic mass is 9.92. The molecule has 22 heavy (non-hydrogen) atoms. The van der Waals surface area contributed by atoms with Crippen LogP contribution in [-0.2, 0) is 10.2 Å². The number of aromatic nitrogens is 3. The van der Waals surface area contributed by atoms with E-state index in [0.717, 1.165) is 26.1 Å². The van der Waals surface area contributed by atoms with E-state index in [1.54, 1.807) is 0 Å². The molecular formula is C18H28N3O+. The molecule has 0 amide bonds. The van der Waals surface area contributed by atoms with Gasteiger partial charge in [0.1, 0.15) is 17.4 Å². The van der Waals surface area contributed by atoms with E-state index in [9.17, 15) is 0 Å². The molecule has 0 unspecified atom stereocenters. The fourth-order valence-electron chi connectivity index (χ4n) is 3.23. The van der Waals surface area contributed by atoms with Crippen molar-refractivity contribution in [3.63, 3.8) is 0 Å². The second kappa shape index (κ2) is 5.58. The molecule has 3 rings (SSSR count). The minimum atomic E-state index is 0.111. The first kappa shape index (κ1) is 15.3. The number of H-pyrrole nitrogens is 1. The maximum atomic E-state index is 5.54. The molecule has 0 radical (unpaired) electrons. The molecule has 0 aliphatic carbocycles. The van der Waals surface area contributed by atoms with Crippen molar-refractivity contribution in [2.75, 3.05) is 13.2 Å². The van der Waals surface area contributed by atoms with Gasteiger partial charge in [-0.25, -0.2) is 5.10 Å². The monoisotopic (exact) mass is 302 g/mol. The van der Waals surface area contributed by atoms with Crippen LogP contribution in [0.4, 0.5) is 0 Å². The van der Waals surface area contributed by atoms with Gasteiger partial charge in [0.2, 0.25) is 0 Å². The van der Waals surface area contributed by atoms with Crippen LogP contribution < -0.4 is 4.68 Å². The molecule has 0 atom stereocenters. The number of aromatic amines is 1. The summed E-state index contributed by atoms with van der Waals surface area (Å²) in [5, 5.41) is 3.67. The first-order valence-corrected chi connectivity index (χ1v) is 8.26. The summed E-state index contributed by atoms with van der Waals surface area (Å²) in [6.07, 6.45) is 2.14. The van der Waals surface area contributed by atoms with E-state index in [1.165, 1.54) is 22.9 Å². The number of ether oxygens (including phenoxy) is 1. The Balaban J connectivity index is 2.12. The van der Waals surface area contributed by atoms with Crippen LogP contribution in [0.25, 0.3) is 5.82 Å². The first-order valence-electron chi connectivity index (χ1n) is 8.26. The summed E-state index contributed by atoms with van der Waals surface area (Å²) in [6.45, 7) is 12.8. The minimum Gasteiger partial charge on any atom is -0.381 e. The Labute approximate surface area is 133 Å². The fraction of sp³-hybridized carbons (Fsp3) is 0.611. The molecule has 0 spiro atoms. The molecule has 4 nitrogen and oxygen atoms in total. The van der Waals surface area contributed by atoms with E-state index in [2.05, 4.69) is 67.2 Å². The zero-order valence-electron chi connectivity index (χ0n) is 14.4. The van der Waals surface area contributed by atoms with Crippen molar-refractivity contribution in [2.45, 2.75) is 58.9 Å². The third-order valence-electron chi connectivity index (χ3n) is 4.63. The molecule has 1 saturated heterocycles. The van der Waals surface area contributed by atoms with Crippen molar-refractivity contribution in [1.29, 1.82) is 0 Å². The number of aryl methyl sites for hydroxylation is 2. The van der Waals surface area contributed by atoms with E-state index in [-0.39, 0.29) is 5.41 Å². The van der Waals surface area contributed by atoms with E-state index in [4.69, 9.17) is 4.74 Å². The van der Waals surface area contributed by atoms with Gasteiger partial charge in [0.05, 0.1) is 25.0 Å². The highest BCUT2D eigenvalue weighted by molar-refractivity contribution is 5.30. The summed E-state index contributed by atoms with van der Waals surface area (Å²) in [5.41, 5.74) is 3.94. The quantitative estimate of drug-likeness (QED) is 0.848. The van der Waals surface area contributed by atoms with Crippen molar-refractivity contribution in [1.82, 2.24) is 9.67 Å². The predicted octanol–water partition coefficient (Wildman–Crippen LogP) is 3.36. The van der Waals surface area contributed by atoms with Gasteiger partial charge in [-0.3, -0.25) is 0 Å². The summed E-state index contributed by atoms with van der Waals surface area (Å²) in [6, 6.07) is 7.18. The van der Waals surface area contributed by atoms with Gasteiger partial charge in [-0.2, -0.15) is 9.25 Å². The lowest BCUT2D eigenvalue weighted by Gasteiger charge is -2.21. The summed E-state index contributed by atoms with van der Waals surface area (Å²) in [5.74, 6) is 1.25. The molecule has 0 bridgehead atoms. The van der Waals surface area contributed by atoms with Crippen LogP contribution >= 0.6 is 0 Å². The van der Waals surface area contributed by atoms with Gasteiger partial charge in [0, 0.05) is 18.3 Å². The van der Waals surface area contributed by atoms with Crippen LogP contribution in [0.3, 0.4) is 0 Å². The smallest absolute Gasteiger partial charge is 0.307 e. The van der Waals surface area contributed by atoms with E-state index >= 15 is 0 Å². The average Bonchev–Trinajstić information content (AvgIpc) is 3.03. The molecule has 0 saturated carbocycles. The van der Waals surface area contributed by atoms with Gasteiger partial charge in [-0.1, -0.05) is 20.8 Å². The van der Waals surface area contributed by atoms with E-state index in [1.807, 2.05) is 0 Å². The first-order chi connectivity index (χ1) is 10.4. The average molecular weight is 302 g/mol. The normalized spacial score (nSPS) is 17.1. The maximum absolute atomic E-state index is 5.54. The van der Waals surface area contributed by atoms with Crippen LogP contribution in [0, 0.1) is 13.8 Å². The van der Waals surface area contributed by atoms with Crippen molar-refractivity contribution < 1.29 is 9.42 Å². The van der Waals surface area contributed by atoms with Gasteiger partial charge in [0.15, 0.2) is 0 Å². The molecule has 0 aromatic carbocycles. The largest absolute Gasteiger partial charge is 0.381 e. The van der Waals surface area contributed by atoms with E-state index < -0.39 is 0 Å². The summed E-state index contributed by atoms with van der Waals surface area (Å²) in [4.78, 5) is 0. The number of nitrogens with zero attached hydrogens (tertiary/aromatic N) is 2. The highest BCUT2D eigenvalue weighted by Gasteiger charge is 2.31. The van der Waals surface area contributed by atoms with Crippen molar-refractivity contribution in [2.24, 2.45) is 0 Å². The SMILES string of the molecule is Cc1ccc(C)n1-c1cc(C(C)(C)C)[nH][n+]1C1CCOCC1. The fourth-order valence-corrected chi connectivity index (χ4v) is 3.23. The van der Waals surface area contributed by atoms with Crippen LogP contribution in [0.5, 0.6) is 0 Å². The van der Waals surface area contributed by atoms with Crippen molar-refractivity contribution in [3.8, 4) is 5.82 Å². The Kier molecular flexibility index (Phi) is 3.89. The third kappa shape index (κ3) is 2.72. The zero-order valence-corrected chi connectivity index (χ0v) is 14.4. The lowest BCUT2D eigenvalue weighted by Crippen LogP contribution is -2.47. The van der Waals surface area contributed by atoms with Crippen LogP contribution in [-0.4, -0.2) is 22.9 Å². The molecule has 2 aromatic heterocycles. The highest BCUT2D eigenvalue weighted by atomic mass is 16.5. The van der Waals surface area contributed by atoms with Crippen LogP contribution in [0.2, 0.25) is 0 Å².